The van der Waals surface area contributed by atoms with Crippen molar-refractivity contribution < 1.29 is 23.7 Å². The Morgan fingerprint density at radius 2 is 1.30 bits per heavy atom. The van der Waals surface area contributed by atoms with Crippen molar-refractivity contribution in [3.63, 3.8) is 0 Å². The van der Waals surface area contributed by atoms with E-state index in [0.717, 1.165) is 5.75 Å². The Kier molecular flexibility index (Phi) is 8.12. The zero-order valence-corrected chi connectivity index (χ0v) is 16.9. The van der Waals surface area contributed by atoms with Gasteiger partial charge in [-0.25, -0.2) is 0 Å². The first kappa shape index (κ1) is 21.2. The van der Waals surface area contributed by atoms with Crippen LogP contribution < -0.4 is 19.5 Å². The Labute approximate surface area is 176 Å². The Morgan fingerprint density at radius 1 is 0.700 bits per heavy atom. The fourth-order valence-electron chi connectivity index (χ4n) is 2.65. The molecule has 3 aromatic carbocycles. The van der Waals surface area contributed by atoms with Crippen LogP contribution in [-0.2, 0) is 4.74 Å². The van der Waals surface area contributed by atoms with Crippen molar-refractivity contribution in [1.29, 1.82) is 0 Å². The second-order valence-electron chi connectivity index (χ2n) is 6.36. The van der Waals surface area contributed by atoms with Gasteiger partial charge in [-0.3, -0.25) is 4.79 Å². The van der Waals surface area contributed by atoms with E-state index >= 15 is 0 Å². The average molecular weight is 407 g/mol. The second-order valence-corrected chi connectivity index (χ2v) is 6.36. The van der Waals surface area contributed by atoms with Crippen LogP contribution in [0.3, 0.4) is 0 Å². The molecule has 0 atom stereocenters. The van der Waals surface area contributed by atoms with Gasteiger partial charge in [0.15, 0.2) is 0 Å². The number of ether oxygens (including phenoxy) is 4. The molecule has 6 nitrogen and oxygen atoms in total. The first-order valence-electron chi connectivity index (χ1n) is 9.68. The molecule has 156 valence electrons. The molecule has 0 heterocycles. The lowest BCUT2D eigenvalue weighted by Crippen LogP contribution is -2.12. The monoisotopic (exact) mass is 407 g/mol. The predicted octanol–water partition coefficient (Wildman–Crippen LogP) is 4.42. The van der Waals surface area contributed by atoms with Gasteiger partial charge in [-0.05, 0) is 48.5 Å². The molecule has 0 fully saturated rings. The predicted molar refractivity (Wildman–Crippen MR) is 116 cm³/mol. The van der Waals surface area contributed by atoms with Crippen molar-refractivity contribution in [2.24, 2.45) is 0 Å². The molecular weight excluding hydrogens is 382 g/mol. The molecule has 3 aromatic rings. The molecule has 0 aromatic heterocycles. The Bertz CT molecular complexity index is 912. The van der Waals surface area contributed by atoms with Crippen molar-refractivity contribution >= 4 is 11.6 Å². The molecular formula is C24H25NO5. The molecule has 0 saturated heterocycles. The molecule has 0 aliphatic rings. The van der Waals surface area contributed by atoms with Crippen LogP contribution in [-0.4, -0.2) is 39.4 Å². The first-order chi connectivity index (χ1) is 14.7. The summed E-state index contributed by atoms with van der Waals surface area (Å²) in [5.74, 6) is 1.95. The van der Waals surface area contributed by atoms with Crippen LogP contribution in [0.2, 0.25) is 0 Å². The molecule has 3 rings (SSSR count). The van der Waals surface area contributed by atoms with Crippen LogP contribution in [0.15, 0.2) is 78.9 Å². The quantitative estimate of drug-likeness (QED) is 0.477. The largest absolute Gasteiger partial charge is 0.491 e. The van der Waals surface area contributed by atoms with Crippen LogP contribution in [0.4, 0.5) is 5.69 Å². The summed E-state index contributed by atoms with van der Waals surface area (Å²) in [4.78, 5) is 12.5. The van der Waals surface area contributed by atoms with Gasteiger partial charge in [0.25, 0.3) is 5.91 Å². The van der Waals surface area contributed by atoms with E-state index < -0.39 is 0 Å². The molecule has 1 N–H and O–H groups in total. The zero-order valence-electron chi connectivity index (χ0n) is 16.9. The molecule has 1 amide bonds. The lowest BCUT2D eigenvalue weighted by atomic mass is 10.2. The van der Waals surface area contributed by atoms with Gasteiger partial charge in [0.1, 0.15) is 37.1 Å². The maximum absolute atomic E-state index is 12.5. The fourth-order valence-corrected chi connectivity index (χ4v) is 2.65. The number of para-hydroxylation sites is 1. The molecule has 0 bridgehead atoms. The van der Waals surface area contributed by atoms with Crippen LogP contribution in [0.25, 0.3) is 0 Å². The molecule has 0 radical (unpaired) electrons. The molecule has 0 aliphatic heterocycles. The lowest BCUT2D eigenvalue weighted by Gasteiger charge is -2.10. The van der Waals surface area contributed by atoms with Gasteiger partial charge in [0.2, 0.25) is 0 Å². The maximum Gasteiger partial charge on any atom is 0.255 e. The van der Waals surface area contributed by atoms with Crippen LogP contribution in [0.5, 0.6) is 17.2 Å². The number of methoxy groups -OCH3 is 1. The van der Waals surface area contributed by atoms with E-state index in [-0.39, 0.29) is 5.91 Å². The summed E-state index contributed by atoms with van der Waals surface area (Å²) < 4.78 is 21.8. The number of benzene rings is 3. The lowest BCUT2D eigenvalue weighted by molar-refractivity contribution is 0.102. The highest BCUT2D eigenvalue weighted by molar-refractivity contribution is 6.04. The van der Waals surface area contributed by atoms with E-state index in [1.165, 1.54) is 0 Å². The molecule has 0 unspecified atom stereocenters. The summed E-state index contributed by atoms with van der Waals surface area (Å²) >= 11 is 0. The van der Waals surface area contributed by atoms with Gasteiger partial charge >= 0.3 is 0 Å². The minimum Gasteiger partial charge on any atom is -0.491 e. The van der Waals surface area contributed by atoms with E-state index in [0.29, 0.717) is 49.2 Å². The number of nitrogens with one attached hydrogen (secondary N) is 1. The Hall–Kier alpha value is -3.51. The summed E-state index contributed by atoms with van der Waals surface area (Å²) in [5.41, 5.74) is 1.20. The summed E-state index contributed by atoms with van der Waals surface area (Å²) in [6, 6.07) is 23.8. The third-order valence-corrected chi connectivity index (χ3v) is 4.13. The normalized spacial score (nSPS) is 10.3. The number of anilines is 1. The van der Waals surface area contributed by atoms with Crippen molar-refractivity contribution in [2.45, 2.75) is 0 Å². The van der Waals surface area contributed by atoms with Gasteiger partial charge in [-0.15, -0.1) is 0 Å². The second kappa shape index (κ2) is 11.5. The number of carbonyl (C=O) groups is 1. The molecule has 30 heavy (non-hydrogen) atoms. The van der Waals surface area contributed by atoms with Gasteiger partial charge in [-0.1, -0.05) is 24.3 Å². The molecule has 0 saturated carbocycles. The van der Waals surface area contributed by atoms with Crippen LogP contribution >= 0.6 is 0 Å². The number of hydrogen-bond acceptors (Lipinski definition) is 5. The number of hydrogen-bond donors (Lipinski definition) is 1. The standard InChI is InChI=1S/C24H25NO5/c1-27-14-15-30-23-9-5-6-20(18-23)25-24(26)19-10-12-22(13-11-19)29-17-16-28-21-7-3-2-4-8-21/h2-13,18H,14-17H2,1H3,(H,25,26). The van der Waals surface area contributed by atoms with E-state index in [2.05, 4.69) is 5.32 Å². The van der Waals surface area contributed by atoms with Crippen molar-refractivity contribution in [3.05, 3.63) is 84.4 Å². The molecule has 0 spiro atoms. The highest BCUT2D eigenvalue weighted by Gasteiger charge is 2.07. The molecule has 0 aliphatic carbocycles. The minimum absolute atomic E-state index is 0.206. The third-order valence-electron chi connectivity index (χ3n) is 4.13. The highest BCUT2D eigenvalue weighted by Crippen LogP contribution is 2.19. The number of rotatable bonds is 11. The van der Waals surface area contributed by atoms with Crippen molar-refractivity contribution in [3.8, 4) is 17.2 Å². The summed E-state index contributed by atoms with van der Waals surface area (Å²) in [6.07, 6.45) is 0. The van der Waals surface area contributed by atoms with Gasteiger partial charge in [0.05, 0.1) is 6.61 Å². The maximum atomic E-state index is 12.5. The highest BCUT2D eigenvalue weighted by atomic mass is 16.5. The molecule has 6 heteroatoms. The van der Waals surface area contributed by atoms with Crippen LogP contribution in [0, 0.1) is 0 Å². The van der Waals surface area contributed by atoms with Crippen molar-refractivity contribution in [2.75, 3.05) is 38.9 Å². The van der Waals surface area contributed by atoms with E-state index in [4.69, 9.17) is 18.9 Å². The smallest absolute Gasteiger partial charge is 0.255 e. The Morgan fingerprint density at radius 3 is 2.00 bits per heavy atom. The van der Waals surface area contributed by atoms with Gasteiger partial charge in [-0.2, -0.15) is 0 Å². The topological polar surface area (TPSA) is 66.0 Å². The number of carbonyl (C=O) groups excluding carboxylic acids is 1. The SMILES string of the molecule is COCCOc1cccc(NC(=O)c2ccc(OCCOc3ccccc3)cc2)c1. The number of amides is 1. The van der Waals surface area contributed by atoms with E-state index in [9.17, 15) is 4.79 Å². The van der Waals surface area contributed by atoms with Crippen molar-refractivity contribution in [1.82, 2.24) is 0 Å². The fraction of sp³-hybridized carbons (Fsp3) is 0.208. The van der Waals surface area contributed by atoms with Crippen LogP contribution in [0.1, 0.15) is 10.4 Å². The zero-order chi connectivity index (χ0) is 21.0. The van der Waals surface area contributed by atoms with E-state index in [1.807, 2.05) is 48.5 Å². The third kappa shape index (κ3) is 6.83. The van der Waals surface area contributed by atoms with Gasteiger partial charge in [0, 0.05) is 24.4 Å². The first-order valence-corrected chi connectivity index (χ1v) is 9.68. The minimum atomic E-state index is -0.206. The summed E-state index contributed by atoms with van der Waals surface area (Å²) in [5, 5.41) is 2.87. The van der Waals surface area contributed by atoms with Gasteiger partial charge < -0.3 is 24.3 Å². The van der Waals surface area contributed by atoms with E-state index in [1.54, 1.807) is 37.4 Å². The average Bonchev–Trinajstić information content (AvgIpc) is 2.78. The summed E-state index contributed by atoms with van der Waals surface area (Å²) in [7, 11) is 1.62. The Balaban J connectivity index is 1.46. The summed E-state index contributed by atoms with van der Waals surface area (Å²) in [6.45, 7) is 1.81.